The minimum absolute atomic E-state index is 0.0471. The number of aryl methyl sites for hydroxylation is 1. The van der Waals surface area contributed by atoms with Gasteiger partial charge >= 0.3 is 5.97 Å². The lowest BCUT2D eigenvalue weighted by molar-refractivity contribution is 0.0476. The van der Waals surface area contributed by atoms with Crippen molar-refractivity contribution in [3.05, 3.63) is 65.6 Å². The summed E-state index contributed by atoms with van der Waals surface area (Å²) in [5.41, 5.74) is 1.44. The van der Waals surface area contributed by atoms with Crippen LogP contribution in [0, 0.1) is 5.82 Å². The molecule has 2 aromatic carbocycles. The number of nitrogens with zero attached hydrogens (tertiary/aromatic N) is 1. The van der Waals surface area contributed by atoms with Crippen molar-refractivity contribution in [2.24, 2.45) is 0 Å². The fourth-order valence-corrected chi connectivity index (χ4v) is 2.80. The van der Waals surface area contributed by atoms with E-state index >= 15 is 0 Å². The van der Waals surface area contributed by atoms with E-state index in [4.69, 9.17) is 9.47 Å². The zero-order valence-corrected chi connectivity index (χ0v) is 14.5. The van der Waals surface area contributed by atoms with Crippen LogP contribution in [0.1, 0.15) is 27.6 Å². The molecule has 0 bridgehead atoms. The lowest BCUT2D eigenvalue weighted by Crippen LogP contribution is -2.14. The van der Waals surface area contributed by atoms with Gasteiger partial charge in [0.15, 0.2) is 24.0 Å². The summed E-state index contributed by atoms with van der Waals surface area (Å²) < 4.78 is 25.6. The summed E-state index contributed by atoms with van der Waals surface area (Å²) in [6.45, 7) is 2.22. The van der Waals surface area contributed by atoms with Crippen LogP contribution in [-0.4, -0.2) is 30.0 Å². The topological polar surface area (TPSA) is 57.5 Å². The van der Waals surface area contributed by atoms with Gasteiger partial charge in [-0.15, -0.1) is 0 Å². The molecule has 0 saturated carbocycles. The van der Waals surface area contributed by atoms with Crippen LogP contribution < -0.4 is 4.74 Å². The fourth-order valence-electron chi connectivity index (χ4n) is 2.80. The SMILES string of the molecule is CCn1cc(C(=O)OCC(=O)c2ccc(OC)c(F)c2)c2ccccc21. The highest BCUT2D eigenvalue weighted by molar-refractivity contribution is 6.05. The second-order valence-electron chi connectivity index (χ2n) is 5.69. The second kappa shape index (κ2) is 7.39. The average molecular weight is 355 g/mol. The van der Waals surface area contributed by atoms with E-state index in [0.29, 0.717) is 12.1 Å². The van der Waals surface area contributed by atoms with E-state index in [0.717, 1.165) is 17.0 Å². The molecule has 0 aliphatic rings. The first-order valence-electron chi connectivity index (χ1n) is 8.17. The summed E-state index contributed by atoms with van der Waals surface area (Å²) in [6, 6.07) is 11.3. The van der Waals surface area contributed by atoms with Crippen LogP contribution in [0.4, 0.5) is 4.39 Å². The highest BCUT2D eigenvalue weighted by atomic mass is 19.1. The van der Waals surface area contributed by atoms with Crippen LogP contribution in [0.25, 0.3) is 10.9 Å². The number of para-hydroxylation sites is 1. The lowest BCUT2D eigenvalue weighted by Gasteiger charge is -2.06. The first kappa shape index (κ1) is 17.7. The van der Waals surface area contributed by atoms with Gasteiger partial charge in [0.2, 0.25) is 0 Å². The highest BCUT2D eigenvalue weighted by Gasteiger charge is 2.18. The molecule has 26 heavy (non-hydrogen) atoms. The molecular formula is C20H18FNO4. The van der Waals surface area contributed by atoms with Crippen LogP contribution in [0.3, 0.4) is 0 Å². The molecule has 0 radical (unpaired) electrons. The van der Waals surface area contributed by atoms with Crippen molar-refractivity contribution in [2.45, 2.75) is 13.5 Å². The summed E-state index contributed by atoms with van der Waals surface area (Å²) >= 11 is 0. The number of ether oxygens (including phenoxy) is 2. The molecule has 3 aromatic rings. The normalized spacial score (nSPS) is 10.7. The molecule has 0 atom stereocenters. The number of benzene rings is 2. The number of methoxy groups -OCH3 is 1. The van der Waals surface area contributed by atoms with Gasteiger partial charge in [-0.05, 0) is 31.2 Å². The lowest BCUT2D eigenvalue weighted by atomic mass is 10.1. The van der Waals surface area contributed by atoms with Crippen molar-refractivity contribution in [2.75, 3.05) is 13.7 Å². The molecule has 1 heterocycles. The molecule has 0 spiro atoms. The van der Waals surface area contributed by atoms with E-state index in [-0.39, 0.29) is 11.3 Å². The summed E-state index contributed by atoms with van der Waals surface area (Å²) in [6.07, 6.45) is 1.71. The van der Waals surface area contributed by atoms with E-state index < -0.39 is 24.2 Å². The van der Waals surface area contributed by atoms with Gasteiger partial charge in [-0.3, -0.25) is 4.79 Å². The Morgan fingerprint density at radius 3 is 2.62 bits per heavy atom. The number of halogens is 1. The smallest absolute Gasteiger partial charge is 0.340 e. The van der Waals surface area contributed by atoms with Crippen molar-refractivity contribution in [3.63, 3.8) is 0 Å². The van der Waals surface area contributed by atoms with Crippen molar-refractivity contribution >= 4 is 22.7 Å². The zero-order valence-electron chi connectivity index (χ0n) is 14.5. The number of fused-ring (bicyclic) bond motifs is 1. The highest BCUT2D eigenvalue weighted by Crippen LogP contribution is 2.22. The molecule has 6 heteroatoms. The van der Waals surface area contributed by atoms with Gasteiger partial charge in [-0.25, -0.2) is 9.18 Å². The Bertz CT molecular complexity index is 977. The van der Waals surface area contributed by atoms with E-state index in [9.17, 15) is 14.0 Å². The monoisotopic (exact) mass is 355 g/mol. The number of rotatable bonds is 6. The van der Waals surface area contributed by atoms with Gasteiger partial charge in [0, 0.05) is 29.2 Å². The van der Waals surface area contributed by atoms with Gasteiger partial charge in [0.05, 0.1) is 12.7 Å². The Balaban J connectivity index is 1.75. The van der Waals surface area contributed by atoms with Crippen molar-refractivity contribution in [1.29, 1.82) is 0 Å². The van der Waals surface area contributed by atoms with E-state index in [2.05, 4.69) is 0 Å². The zero-order chi connectivity index (χ0) is 18.7. The molecule has 0 N–H and O–H groups in total. The first-order chi connectivity index (χ1) is 12.5. The second-order valence-corrected chi connectivity index (χ2v) is 5.69. The number of esters is 1. The number of hydrogen-bond acceptors (Lipinski definition) is 4. The quantitative estimate of drug-likeness (QED) is 0.498. The molecule has 1 aromatic heterocycles. The van der Waals surface area contributed by atoms with Crippen LogP contribution in [0.5, 0.6) is 5.75 Å². The maximum Gasteiger partial charge on any atom is 0.340 e. The molecule has 134 valence electrons. The number of carbonyl (C=O) groups excluding carboxylic acids is 2. The molecule has 3 rings (SSSR count). The number of hydrogen-bond donors (Lipinski definition) is 0. The largest absolute Gasteiger partial charge is 0.494 e. The third-order valence-electron chi connectivity index (χ3n) is 4.16. The van der Waals surface area contributed by atoms with Gasteiger partial charge in [0.25, 0.3) is 0 Å². The van der Waals surface area contributed by atoms with Gasteiger partial charge in [-0.1, -0.05) is 18.2 Å². The van der Waals surface area contributed by atoms with Crippen LogP contribution >= 0.6 is 0 Å². The number of ketones is 1. The number of Topliss-reactive ketones (excluding diaryl/α,β-unsaturated/α-hetero) is 1. The molecule has 0 unspecified atom stereocenters. The van der Waals surface area contributed by atoms with Crippen LogP contribution in [-0.2, 0) is 11.3 Å². The maximum absolute atomic E-state index is 13.7. The van der Waals surface area contributed by atoms with Gasteiger partial charge < -0.3 is 14.0 Å². The van der Waals surface area contributed by atoms with Crippen molar-refractivity contribution in [1.82, 2.24) is 4.57 Å². The molecule has 0 amide bonds. The average Bonchev–Trinajstić information content (AvgIpc) is 3.04. The summed E-state index contributed by atoms with van der Waals surface area (Å²) in [5.74, 6) is -1.67. The Hall–Kier alpha value is -3.15. The number of aromatic nitrogens is 1. The third kappa shape index (κ3) is 3.31. The molecule has 0 aliphatic carbocycles. The number of carbonyl (C=O) groups is 2. The predicted octanol–water partition coefficient (Wildman–Crippen LogP) is 3.85. The van der Waals surface area contributed by atoms with Crippen molar-refractivity contribution < 1.29 is 23.5 Å². The maximum atomic E-state index is 13.7. The standard InChI is InChI=1S/C20H18FNO4/c1-3-22-11-15(14-6-4-5-7-17(14)22)20(24)26-12-18(23)13-8-9-19(25-2)16(21)10-13/h4-11H,3,12H2,1-2H3. The van der Waals surface area contributed by atoms with Crippen molar-refractivity contribution in [3.8, 4) is 5.75 Å². The molecule has 0 fully saturated rings. The Morgan fingerprint density at radius 1 is 1.15 bits per heavy atom. The molecule has 0 saturated heterocycles. The van der Waals surface area contributed by atoms with Gasteiger partial charge in [-0.2, -0.15) is 0 Å². The first-order valence-corrected chi connectivity index (χ1v) is 8.17. The van der Waals surface area contributed by atoms with E-state index in [1.165, 1.54) is 19.2 Å². The molecule has 5 nitrogen and oxygen atoms in total. The Morgan fingerprint density at radius 2 is 1.92 bits per heavy atom. The molecular weight excluding hydrogens is 337 g/mol. The van der Waals surface area contributed by atoms with E-state index in [1.807, 2.05) is 35.8 Å². The minimum atomic E-state index is -0.643. The Kier molecular flexibility index (Phi) is 5.02. The fraction of sp³-hybridized carbons (Fsp3) is 0.200. The van der Waals surface area contributed by atoms with E-state index in [1.54, 1.807) is 6.20 Å². The summed E-state index contributed by atoms with van der Waals surface area (Å²) in [4.78, 5) is 24.6. The van der Waals surface area contributed by atoms with Gasteiger partial charge in [0.1, 0.15) is 0 Å². The molecule has 0 aliphatic heterocycles. The summed E-state index contributed by atoms with van der Waals surface area (Å²) in [5, 5.41) is 0.766. The predicted molar refractivity (Wildman–Crippen MR) is 95.2 cm³/mol. The Labute approximate surface area is 149 Å². The minimum Gasteiger partial charge on any atom is -0.494 e. The third-order valence-corrected chi connectivity index (χ3v) is 4.16. The van der Waals surface area contributed by atoms with Crippen LogP contribution in [0.2, 0.25) is 0 Å². The summed E-state index contributed by atoms with van der Waals surface area (Å²) in [7, 11) is 1.34. The van der Waals surface area contributed by atoms with Crippen LogP contribution in [0.15, 0.2) is 48.7 Å².